The number of likely N-dealkylation sites (tertiary alicyclic amines) is 1. The van der Waals surface area contributed by atoms with Crippen molar-refractivity contribution in [2.24, 2.45) is 5.92 Å². The number of carbonyl (C=O) groups is 2. The van der Waals surface area contributed by atoms with Crippen LogP contribution in [-0.4, -0.2) is 44.4 Å². The number of pyridine rings is 1. The molecule has 168 valence electrons. The number of carbonyl (C=O) groups excluding carboxylic acids is 2. The maximum atomic E-state index is 14.6. The Hall–Kier alpha value is -3.56. The van der Waals surface area contributed by atoms with Crippen LogP contribution in [0.3, 0.4) is 0 Å². The van der Waals surface area contributed by atoms with E-state index >= 15 is 0 Å². The monoisotopic (exact) mass is 442 g/mol. The summed E-state index contributed by atoms with van der Waals surface area (Å²) >= 11 is 0. The molecule has 1 aromatic carbocycles. The molecule has 1 aliphatic heterocycles. The predicted molar refractivity (Wildman–Crippen MR) is 116 cm³/mol. The van der Waals surface area contributed by atoms with Crippen molar-refractivity contribution < 1.29 is 18.4 Å². The van der Waals surface area contributed by atoms with Gasteiger partial charge in [0.05, 0.1) is 29.6 Å². The first-order valence-corrected chi connectivity index (χ1v) is 10.4. The van der Waals surface area contributed by atoms with Crippen molar-refractivity contribution in [2.45, 2.75) is 38.7 Å². The molecule has 2 atom stereocenters. The molecule has 0 radical (unpaired) electrons. The Morgan fingerprint density at radius 2 is 2.09 bits per heavy atom. The second kappa shape index (κ2) is 8.18. The molecular formula is C22H24F2N6O2. The first kappa shape index (κ1) is 21.7. The van der Waals surface area contributed by atoms with Gasteiger partial charge in [0.2, 0.25) is 0 Å². The van der Waals surface area contributed by atoms with Gasteiger partial charge in [0.25, 0.3) is 5.92 Å². The third-order valence-corrected chi connectivity index (χ3v) is 5.98. The fourth-order valence-corrected chi connectivity index (χ4v) is 4.00. The minimum atomic E-state index is -2.97. The molecular weight excluding hydrogens is 418 g/mol. The smallest absolute Gasteiger partial charge is 0.313 e. The number of nitrogen functional groups attached to an aromatic ring is 1. The fourth-order valence-electron chi connectivity index (χ4n) is 4.00. The van der Waals surface area contributed by atoms with E-state index in [-0.39, 0.29) is 6.54 Å². The number of amides is 2. The highest BCUT2D eigenvalue weighted by atomic mass is 19.3. The molecule has 0 saturated carbocycles. The number of alkyl halides is 2. The molecule has 1 aliphatic rings. The van der Waals surface area contributed by atoms with Crippen molar-refractivity contribution in [3.05, 3.63) is 47.8 Å². The summed E-state index contributed by atoms with van der Waals surface area (Å²) in [7, 11) is 0. The van der Waals surface area contributed by atoms with Gasteiger partial charge in [0.15, 0.2) is 0 Å². The SMILES string of the molecule is CCc1cc(NC(=O)C(=O)N2C[C@H](C)C(F)(F)C[C@@H]2c2ccc3[nH]ncc3c2)cnc1N. The van der Waals surface area contributed by atoms with Gasteiger partial charge in [-0.3, -0.25) is 14.7 Å². The maximum Gasteiger partial charge on any atom is 0.313 e. The molecule has 4 N–H and O–H groups in total. The second-order valence-electron chi connectivity index (χ2n) is 8.13. The van der Waals surface area contributed by atoms with Gasteiger partial charge in [-0.25, -0.2) is 13.8 Å². The van der Waals surface area contributed by atoms with Crippen LogP contribution in [-0.2, 0) is 16.0 Å². The Balaban J connectivity index is 1.62. The number of hydrogen-bond donors (Lipinski definition) is 3. The predicted octanol–water partition coefficient (Wildman–Crippen LogP) is 3.29. The average Bonchev–Trinajstić information content (AvgIpc) is 3.24. The van der Waals surface area contributed by atoms with Gasteiger partial charge in [0, 0.05) is 24.3 Å². The quantitative estimate of drug-likeness (QED) is 0.538. The molecule has 0 unspecified atom stereocenters. The van der Waals surface area contributed by atoms with E-state index < -0.39 is 36.1 Å². The number of rotatable bonds is 3. The standard InChI is InChI=1S/C22H24F2N6O2/c1-3-13-7-16(10-26-19(13)25)28-20(31)21(32)30-11-12(2)22(23,24)8-18(30)14-4-5-17-15(6-14)9-27-29-17/h4-7,9-10,12,18H,3,8,11H2,1-2H3,(H2,25,26)(H,27,29)(H,28,31)/t12-,18+/m0/s1. The molecule has 3 heterocycles. The van der Waals surface area contributed by atoms with Gasteiger partial charge in [0.1, 0.15) is 5.82 Å². The van der Waals surface area contributed by atoms with Crippen LogP contribution >= 0.6 is 0 Å². The van der Waals surface area contributed by atoms with E-state index in [1.165, 1.54) is 18.0 Å². The fraction of sp³-hybridized carbons (Fsp3) is 0.364. The summed E-state index contributed by atoms with van der Waals surface area (Å²) in [5.74, 6) is -5.50. The number of aromatic amines is 1. The first-order chi connectivity index (χ1) is 15.2. The number of nitrogens with zero attached hydrogens (tertiary/aromatic N) is 3. The molecule has 32 heavy (non-hydrogen) atoms. The number of H-pyrrole nitrogens is 1. The van der Waals surface area contributed by atoms with Gasteiger partial charge in [-0.15, -0.1) is 0 Å². The van der Waals surface area contributed by atoms with Crippen molar-refractivity contribution in [1.29, 1.82) is 0 Å². The third-order valence-electron chi connectivity index (χ3n) is 5.98. The van der Waals surface area contributed by atoms with Crippen LogP contribution in [0.1, 0.15) is 37.4 Å². The molecule has 2 aromatic heterocycles. The van der Waals surface area contributed by atoms with Crippen molar-refractivity contribution in [3.63, 3.8) is 0 Å². The number of benzene rings is 1. The van der Waals surface area contributed by atoms with Crippen molar-refractivity contribution >= 4 is 34.2 Å². The van der Waals surface area contributed by atoms with Crippen LogP contribution in [0.25, 0.3) is 10.9 Å². The lowest BCUT2D eigenvalue weighted by molar-refractivity contribution is -0.159. The molecule has 1 fully saturated rings. The summed E-state index contributed by atoms with van der Waals surface area (Å²) in [6, 6.07) is 5.81. The lowest BCUT2D eigenvalue weighted by atomic mass is 9.86. The summed E-state index contributed by atoms with van der Waals surface area (Å²) in [5.41, 5.74) is 8.11. The first-order valence-electron chi connectivity index (χ1n) is 10.4. The number of nitrogens with two attached hydrogens (primary N) is 1. The van der Waals surface area contributed by atoms with Gasteiger partial charge < -0.3 is 16.0 Å². The van der Waals surface area contributed by atoms with Crippen molar-refractivity contribution in [1.82, 2.24) is 20.1 Å². The van der Waals surface area contributed by atoms with E-state index in [0.29, 0.717) is 23.5 Å². The van der Waals surface area contributed by atoms with Crippen LogP contribution in [0.15, 0.2) is 36.7 Å². The second-order valence-corrected chi connectivity index (χ2v) is 8.13. The number of hydrogen-bond acceptors (Lipinski definition) is 5. The zero-order valence-electron chi connectivity index (χ0n) is 17.7. The molecule has 3 aromatic rings. The van der Waals surface area contributed by atoms with Crippen LogP contribution in [0.2, 0.25) is 0 Å². The lowest BCUT2D eigenvalue weighted by Crippen LogP contribution is -2.52. The van der Waals surface area contributed by atoms with Gasteiger partial charge in [-0.2, -0.15) is 5.10 Å². The van der Waals surface area contributed by atoms with Crippen molar-refractivity contribution in [3.8, 4) is 0 Å². The highest BCUT2D eigenvalue weighted by Crippen LogP contribution is 2.43. The molecule has 0 aliphatic carbocycles. The summed E-state index contributed by atoms with van der Waals surface area (Å²) in [4.78, 5) is 31.1. The molecule has 10 heteroatoms. The van der Waals surface area contributed by atoms with Gasteiger partial charge in [-0.05, 0) is 35.7 Å². The van der Waals surface area contributed by atoms with E-state index in [2.05, 4.69) is 20.5 Å². The van der Waals surface area contributed by atoms with Crippen LogP contribution in [0, 0.1) is 5.92 Å². The molecule has 1 saturated heterocycles. The number of anilines is 2. The summed E-state index contributed by atoms with van der Waals surface area (Å²) < 4.78 is 29.2. The van der Waals surface area contributed by atoms with Gasteiger partial charge in [-0.1, -0.05) is 19.9 Å². The number of nitrogens with one attached hydrogen (secondary N) is 2. The summed E-state index contributed by atoms with van der Waals surface area (Å²) in [6.45, 7) is 3.03. The maximum absolute atomic E-state index is 14.6. The van der Waals surface area contributed by atoms with Crippen LogP contribution in [0.5, 0.6) is 0 Å². The van der Waals surface area contributed by atoms with Crippen LogP contribution < -0.4 is 11.1 Å². The Labute approximate surface area is 183 Å². The van der Waals surface area contributed by atoms with E-state index in [4.69, 9.17) is 5.73 Å². The number of fused-ring (bicyclic) bond motifs is 1. The van der Waals surface area contributed by atoms with Crippen molar-refractivity contribution in [2.75, 3.05) is 17.6 Å². The summed E-state index contributed by atoms with van der Waals surface area (Å²) in [5, 5.41) is 10.0. The topological polar surface area (TPSA) is 117 Å². The summed E-state index contributed by atoms with van der Waals surface area (Å²) in [6.07, 6.45) is 2.98. The Kier molecular flexibility index (Phi) is 5.53. The Morgan fingerprint density at radius 3 is 2.84 bits per heavy atom. The largest absolute Gasteiger partial charge is 0.383 e. The van der Waals surface area contributed by atoms with E-state index in [1.54, 1.807) is 30.5 Å². The number of piperidine rings is 1. The van der Waals surface area contributed by atoms with Crippen LogP contribution in [0.4, 0.5) is 20.3 Å². The molecule has 0 bridgehead atoms. The van der Waals surface area contributed by atoms with E-state index in [9.17, 15) is 18.4 Å². The average molecular weight is 442 g/mol. The minimum absolute atomic E-state index is 0.243. The lowest BCUT2D eigenvalue weighted by Gasteiger charge is -2.42. The molecule has 4 rings (SSSR count). The Bertz CT molecular complexity index is 1180. The normalized spacial score (nSPS) is 20.3. The number of aryl methyl sites for hydroxylation is 1. The number of aromatic nitrogens is 3. The zero-order chi connectivity index (χ0) is 23.0. The molecule has 2 amide bonds. The number of halogens is 2. The highest BCUT2D eigenvalue weighted by molar-refractivity contribution is 6.39. The molecule has 8 nitrogen and oxygen atoms in total. The van der Waals surface area contributed by atoms with E-state index in [0.717, 1.165) is 16.5 Å². The highest BCUT2D eigenvalue weighted by Gasteiger charge is 2.48. The van der Waals surface area contributed by atoms with Gasteiger partial charge >= 0.3 is 11.8 Å². The third kappa shape index (κ3) is 4.00. The van der Waals surface area contributed by atoms with E-state index in [1.807, 2.05) is 6.92 Å². The minimum Gasteiger partial charge on any atom is -0.383 e. The molecule has 0 spiro atoms. The Morgan fingerprint density at radius 1 is 1.31 bits per heavy atom. The zero-order valence-corrected chi connectivity index (χ0v) is 17.7.